The topological polar surface area (TPSA) is 102 Å². The molecular formula is C31H34N6O3. The molecule has 4 aromatic rings. The fourth-order valence-electron chi connectivity index (χ4n) is 5.18. The van der Waals surface area contributed by atoms with E-state index in [0.717, 1.165) is 23.5 Å². The van der Waals surface area contributed by atoms with E-state index in [2.05, 4.69) is 20.1 Å². The molecule has 3 heterocycles. The van der Waals surface area contributed by atoms with Gasteiger partial charge in [0, 0.05) is 56.4 Å². The largest absolute Gasteiger partial charge is 0.355 e. The van der Waals surface area contributed by atoms with Gasteiger partial charge in [-0.05, 0) is 42.2 Å². The zero-order chi connectivity index (χ0) is 28.1. The number of rotatable bonds is 4. The number of H-pyrrole nitrogens is 1. The van der Waals surface area contributed by atoms with Crippen LogP contribution in [-0.4, -0.2) is 58.1 Å². The first kappa shape index (κ1) is 27.1. The Morgan fingerprint density at radius 2 is 1.65 bits per heavy atom. The van der Waals surface area contributed by atoms with Crippen LogP contribution in [0.2, 0.25) is 0 Å². The van der Waals surface area contributed by atoms with E-state index in [9.17, 15) is 14.4 Å². The number of para-hydroxylation sites is 1. The minimum absolute atomic E-state index is 0.0669. The zero-order valence-electron chi connectivity index (χ0n) is 22.9. The lowest BCUT2D eigenvalue weighted by molar-refractivity contribution is -0.119. The monoisotopic (exact) mass is 538 g/mol. The molecule has 0 fully saturated rings. The lowest BCUT2D eigenvalue weighted by Gasteiger charge is -2.28. The average Bonchev–Trinajstić information content (AvgIpc) is 3.00. The number of nitrogens with one attached hydrogen (secondary N) is 1. The summed E-state index contributed by atoms with van der Waals surface area (Å²) in [7, 11) is 0. The van der Waals surface area contributed by atoms with Crippen molar-refractivity contribution in [1.82, 2.24) is 20.1 Å². The first-order chi connectivity index (χ1) is 19.4. The van der Waals surface area contributed by atoms with Gasteiger partial charge in [-0.15, -0.1) is 0 Å². The number of hydrogen-bond donors (Lipinski definition) is 1. The number of hydrogen-bond acceptors (Lipinski definition) is 6. The van der Waals surface area contributed by atoms with Crippen LogP contribution in [0.15, 0.2) is 77.7 Å². The van der Waals surface area contributed by atoms with Crippen LogP contribution in [-0.2, 0) is 11.3 Å². The Hall–Kier alpha value is -4.53. The molecule has 0 bridgehead atoms. The molecule has 1 N–H and O–H groups in total. The van der Waals surface area contributed by atoms with Crippen molar-refractivity contribution in [3.05, 3.63) is 94.5 Å². The van der Waals surface area contributed by atoms with Crippen molar-refractivity contribution in [1.29, 1.82) is 0 Å². The second-order valence-electron chi connectivity index (χ2n) is 10.5. The molecule has 2 aromatic heterocycles. The molecule has 0 atom stereocenters. The highest BCUT2D eigenvalue weighted by atomic mass is 16.2. The normalized spacial score (nSPS) is 14.6. The summed E-state index contributed by atoms with van der Waals surface area (Å²) < 4.78 is 0. The van der Waals surface area contributed by atoms with Crippen molar-refractivity contribution in [3.63, 3.8) is 0 Å². The van der Waals surface area contributed by atoms with Gasteiger partial charge >= 0.3 is 0 Å². The van der Waals surface area contributed by atoms with Gasteiger partial charge in [0.2, 0.25) is 5.91 Å². The molecule has 0 spiro atoms. The first-order valence-electron chi connectivity index (χ1n) is 13.7. The van der Waals surface area contributed by atoms with E-state index in [-0.39, 0.29) is 35.5 Å². The minimum Gasteiger partial charge on any atom is -0.355 e. The molecule has 40 heavy (non-hydrogen) atoms. The molecular weight excluding hydrogens is 504 g/mol. The molecule has 206 valence electrons. The van der Waals surface area contributed by atoms with E-state index < -0.39 is 0 Å². The zero-order valence-corrected chi connectivity index (χ0v) is 22.9. The molecule has 0 saturated heterocycles. The van der Waals surface area contributed by atoms with E-state index in [0.29, 0.717) is 43.4 Å². The third-order valence-electron chi connectivity index (χ3n) is 7.14. The molecule has 5 rings (SSSR count). The van der Waals surface area contributed by atoms with Crippen LogP contribution in [0.25, 0.3) is 10.8 Å². The van der Waals surface area contributed by atoms with Crippen LogP contribution in [0.4, 0.5) is 11.5 Å². The van der Waals surface area contributed by atoms with Gasteiger partial charge in [0.05, 0.1) is 5.39 Å². The van der Waals surface area contributed by atoms with Crippen molar-refractivity contribution >= 4 is 34.1 Å². The van der Waals surface area contributed by atoms with Crippen LogP contribution >= 0.6 is 0 Å². The molecule has 9 nitrogen and oxygen atoms in total. The van der Waals surface area contributed by atoms with Crippen LogP contribution in [0.1, 0.15) is 42.7 Å². The Balaban J connectivity index is 1.57. The third kappa shape index (κ3) is 5.88. The van der Waals surface area contributed by atoms with Crippen molar-refractivity contribution in [2.75, 3.05) is 36.0 Å². The molecule has 2 amide bonds. The summed E-state index contributed by atoms with van der Waals surface area (Å²) in [4.78, 5) is 50.3. The fraction of sp³-hybridized carbons (Fsp3) is 0.323. The predicted molar refractivity (Wildman–Crippen MR) is 156 cm³/mol. The maximum Gasteiger partial charge on any atom is 0.275 e. The van der Waals surface area contributed by atoms with Crippen molar-refractivity contribution in [3.8, 4) is 0 Å². The maximum absolute atomic E-state index is 14.1. The molecule has 0 radical (unpaired) electrons. The van der Waals surface area contributed by atoms with E-state index in [1.54, 1.807) is 35.4 Å². The van der Waals surface area contributed by atoms with Gasteiger partial charge in [-0.2, -0.15) is 5.10 Å². The molecule has 2 aromatic carbocycles. The number of carbonyl (C=O) groups is 2. The average molecular weight is 539 g/mol. The number of aromatic amines is 1. The number of nitrogens with zero attached hydrogens (tertiary/aromatic N) is 5. The standard InChI is InChI=1S/C31H34N6O3/c1-22(2)20-28(38)37-17-9-16-35(27-14-7-8-15-32-27)18-19-36(21-23-10-3-6-13-26(23)37)31(40)29-24-11-4-5-12-25(24)30(39)34-33-29/h3-8,10-15,22H,9,16-21H2,1-2H3,(H,34,39). The van der Waals surface area contributed by atoms with Gasteiger partial charge in [-0.25, -0.2) is 10.1 Å². The number of anilines is 2. The summed E-state index contributed by atoms with van der Waals surface area (Å²) in [6, 6.07) is 20.6. The quantitative estimate of drug-likeness (QED) is 0.417. The fourth-order valence-corrected chi connectivity index (χ4v) is 5.18. The van der Waals surface area contributed by atoms with Gasteiger partial charge in [0.15, 0.2) is 5.69 Å². The lowest BCUT2D eigenvalue weighted by atomic mass is 10.1. The number of carbonyl (C=O) groups excluding carboxylic acids is 2. The van der Waals surface area contributed by atoms with Gasteiger partial charge < -0.3 is 14.7 Å². The van der Waals surface area contributed by atoms with E-state index in [1.807, 2.05) is 61.2 Å². The Labute approximate surface area is 233 Å². The Morgan fingerprint density at radius 1 is 0.900 bits per heavy atom. The molecule has 0 unspecified atom stereocenters. The number of pyridine rings is 1. The summed E-state index contributed by atoms with van der Waals surface area (Å²) in [6.45, 7) is 6.55. The van der Waals surface area contributed by atoms with Crippen LogP contribution in [0.3, 0.4) is 0 Å². The van der Waals surface area contributed by atoms with E-state index in [4.69, 9.17) is 0 Å². The second kappa shape index (κ2) is 12.1. The summed E-state index contributed by atoms with van der Waals surface area (Å²) >= 11 is 0. The molecule has 0 saturated carbocycles. The molecule has 1 aliphatic heterocycles. The summed E-state index contributed by atoms with van der Waals surface area (Å²) in [5.74, 6) is 0.819. The molecule has 0 aliphatic carbocycles. The van der Waals surface area contributed by atoms with Crippen LogP contribution in [0.5, 0.6) is 0 Å². The maximum atomic E-state index is 14.1. The first-order valence-corrected chi connectivity index (χ1v) is 13.7. The highest BCUT2D eigenvalue weighted by Gasteiger charge is 2.26. The molecule has 1 aliphatic rings. The summed E-state index contributed by atoms with van der Waals surface area (Å²) in [6.07, 6.45) is 2.94. The molecule has 9 heteroatoms. The third-order valence-corrected chi connectivity index (χ3v) is 7.14. The van der Waals surface area contributed by atoms with Gasteiger partial charge in [-0.1, -0.05) is 56.3 Å². The van der Waals surface area contributed by atoms with Gasteiger partial charge in [0.25, 0.3) is 11.5 Å². The van der Waals surface area contributed by atoms with E-state index >= 15 is 0 Å². The van der Waals surface area contributed by atoms with Crippen molar-refractivity contribution < 1.29 is 9.59 Å². The van der Waals surface area contributed by atoms with Crippen LogP contribution < -0.4 is 15.4 Å². The van der Waals surface area contributed by atoms with Crippen molar-refractivity contribution in [2.24, 2.45) is 5.92 Å². The van der Waals surface area contributed by atoms with Gasteiger partial charge in [-0.3, -0.25) is 14.4 Å². The Bertz CT molecular complexity index is 1550. The number of amides is 2. The second-order valence-corrected chi connectivity index (χ2v) is 10.5. The smallest absolute Gasteiger partial charge is 0.275 e. The van der Waals surface area contributed by atoms with E-state index in [1.165, 1.54) is 0 Å². The number of fused-ring (bicyclic) bond motifs is 2. The SMILES string of the molecule is CC(C)CC(=O)N1CCCN(c2ccccn2)CCN(C(=O)c2n[nH]c(=O)c3ccccc23)Cc2ccccc21. The van der Waals surface area contributed by atoms with Crippen LogP contribution in [0, 0.1) is 5.92 Å². The highest BCUT2D eigenvalue weighted by Crippen LogP contribution is 2.26. The lowest BCUT2D eigenvalue weighted by Crippen LogP contribution is -2.39. The summed E-state index contributed by atoms with van der Waals surface area (Å²) in [5.41, 5.74) is 1.56. The van der Waals surface area contributed by atoms with Gasteiger partial charge in [0.1, 0.15) is 5.82 Å². The van der Waals surface area contributed by atoms with Crippen molar-refractivity contribution in [2.45, 2.75) is 33.2 Å². The summed E-state index contributed by atoms with van der Waals surface area (Å²) in [5, 5.41) is 7.60. The number of benzene rings is 2. The minimum atomic E-state index is -0.337. The predicted octanol–water partition coefficient (Wildman–Crippen LogP) is 4.25. The number of aromatic nitrogens is 3. The Morgan fingerprint density at radius 3 is 2.42 bits per heavy atom. The Kier molecular flexibility index (Phi) is 8.19. The highest BCUT2D eigenvalue weighted by molar-refractivity contribution is 6.04.